The molecule has 1 heterocycles. The number of hydrogen-bond donors (Lipinski definition) is 1. The van der Waals surface area contributed by atoms with Crippen LogP contribution in [0.5, 0.6) is 0 Å². The molecule has 2 nitrogen and oxygen atoms in total. The Morgan fingerprint density at radius 2 is 1.94 bits per heavy atom. The van der Waals surface area contributed by atoms with E-state index in [-0.39, 0.29) is 5.82 Å². The van der Waals surface area contributed by atoms with E-state index in [0.717, 1.165) is 5.76 Å². The lowest BCUT2D eigenvalue weighted by Crippen LogP contribution is -1.99. The minimum Gasteiger partial charge on any atom is -0.463 e. The second kappa shape index (κ2) is 4.10. The van der Waals surface area contributed by atoms with Crippen molar-refractivity contribution in [1.82, 2.24) is 0 Å². The summed E-state index contributed by atoms with van der Waals surface area (Å²) < 4.78 is 18.6. The molecule has 2 aromatic rings. The van der Waals surface area contributed by atoms with Gasteiger partial charge in [0.1, 0.15) is 23.4 Å². The van der Waals surface area contributed by atoms with Gasteiger partial charge in [-0.25, -0.2) is 4.39 Å². The summed E-state index contributed by atoms with van der Waals surface area (Å²) >= 11 is 0. The zero-order chi connectivity index (χ0) is 11.7. The summed E-state index contributed by atoms with van der Waals surface area (Å²) in [5.41, 5.74) is 1.06. The van der Waals surface area contributed by atoms with Crippen molar-refractivity contribution in [2.24, 2.45) is 0 Å². The van der Waals surface area contributed by atoms with Crippen LogP contribution in [-0.4, -0.2) is 5.11 Å². The zero-order valence-corrected chi connectivity index (χ0v) is 9.20. The average Bonchev–Trinajstić information content (AvgIpc) is 2.68. The highest BCUT2D eigenvalue weighted by atomic mass is 19.1. The Labute approximate surface area is 93.3 Å². The first-order valence-corrected chi connectivity index (χ1v) is 5.08. The van der Waals surface area contributed by atoms with Crippen LogP contribution in [0.15, 0.2) is 34.7 Å². The quantitative estimate of drug-likeness (QED) is 0.843. The third-order valence-corrected chi connectivity index (χ3v) is 2.54. The van der Waals surface area contributed by atoms with Gasteiger partial charge in [0.25, 0.3) is 0 Å². The summed E-state index contributed by atoms with van der Waals surface area (Å²) in [5.74, 6) is 0.835. The number of furan rings is 1. The van der Waals surface area contributed by atoms with Gasteiger partial charge in [-0.2, -0.15) is 0 Å². The Morgan fingerprint density at radius 3 is 2.50 bits per heavy atom. The average molecular weight is 220 g/mol. The predicted octanol–water partition coefficient (Wildman–Crippen LogP) is 3.12. The molecule has 0 unspecified atom stereocenters. The molecule has 0 amide bonds. The number of rotatable bonds is 2. The lowest BCUT2D eigenvalue weighted by molar-refractivity contribution is 0.187. The lowest BCUT2D eigenvalue weighted by Gasteiger charge is -2.09. The number of hydrogen-bond acceptors (Lipinski definition) is 2. The zero-order valence-electron chi connectivity index (χ0n) is 9.20. The molecule has 0 fully saturated rings. The molecule has 0 aliphatic heterocycles. The van der Waals surface area contributed by atoms with Crippen LogP contribution in [-0.2, 0) is 0 Å². The van der Waals surface area contributed by atoms with Gasteiger partial charge < -0.3 is 9.52 Å². The molecule has 0 spiro atoms. The highest BCUT2D eigenvalue weighted by molar-refractivity contribution is 5.29. The summed E-state index contributed by atoms with van der Waals surface area (Å²) in [7, 11) is 0. The number of benzene rings is 1. The van der Waals surface area contributed by atoms with E-state index >= 15 is 0 Å². The molecule has 0 aliphatic rings. The number of halogens is 1. The Morgan fingerprint density at radius 1 is 1.19 bits per heavy atom. The SMILES string of the molecule is Cc1ccc([C@@H](O)c2ccc(C)c(F)c2)o1. The Hall–Kier alpha value is -1.61. The van der Waals surface area contributed by atoms with Gasteiger partial charge in [-0.1, -0.05) is 12.1 Å². The fourth-order valence-electron chi connectivity index (χ4n) is 1.54. The maximum Gasteiger partial charge on any atom is 0.137 e. The van der Waals surface area contributed by atoms with Gasteiger partial charge in [0.05, 0.1) is 0 Å². The fourth-order valence-corrected chi connectivity index (χ4v) is 1.54. The first-order valence-electron chi connectivity index (χ1n) is 5.08. The van der Waals surface area contributed by atoms with E-state index in [0.29, 0.717) is 16.9 Å². The summed E-state index contributed by atoms with van der Waals surface area (Å²) in [4.78, 5) is 0. The maximum atomic E-state index is 13.3. The molecular formula is C13H13FO2. The van der Waals surface area contributed by atoms with Crippen molar-refractivity contribution in [3.63, 3.8) is 0 Å². The smallest absolute Gasteiger partial charge is 0.137 e. The van der Waals surface area contributed by atoms with Crippen LogP contribution in [0.4, 0.5) is 4.39 Å². The van der Waals surface area contributed by atoms with Gasteiger partial charge in [0.2, 0.25) is 0 Å². The van der Waals surface area contributed by atoms with Gasteiger partial charge >= 0.3 is 0 Å². The molecule has 16 heavy (non-hydrogen) atoms. The minimum atomic E-state index is -0.913. The van der Waals surface area contributed by atoms with Crippen molar-refractivity contribution in [3.8, 4) is 0 Å². The third kappa shape index (κ3) is 1.99. The third-order valence-electron chi connectivity index (χ3n) is 2.54. The van der Waals surface area contributed by atoms with Crippen LogP contribution in [0.3, 0.4) is 0 Å². The molecule has 0 bridgehead atoms. The van der Waals surface area contributed by atoms with Crippen molar-refractivity contribution in [3.05, 3.63) is 58.8 Å². The molecule has 0 saturated heterocycles. The van der Waals surface area contributed by atoms with Gasteiger partial charge in [-0.05, 0) is 43.2 Å². The molecule has 1 atom stereocenters. The largest absolute Gasteiger partial charge is 0.463 e. The Kier molecular flexibility index (Phi) is 2.79. The molecule has 2 rings (SSSR count). The number of aliphatic hydroxyl groups is 1. The van der Waals surface area contributed by atoms with Crippen molar-refractivity contribution in [2.45, 2.75) is 20.0 Å². The second-order valence-corrected chi connectivity index (χ2v) is 3.86. The summed E-state index contributed by atoms with van der Waals surface area (Å²) in [6.45, 7) is 3.48. The minimum absolute atomic E-state index is 0.320. The first-order chi connectivity index (χ1) is 7.58. The van der Waals surface area contributed by atoms with Gasteiger partial charge in [0.15, 0.2) is 0 Å². The molecule has 1 aromatic heterocycles. The van der Waals surface area contributed by atoms with Crippen molar-refractivity contribution in [2.75, 3.05) is 0 Å². The second-order valence-electron chi connectivity index (χ2n) is 3.86. The van der Waals surface area contributed by atoms with E-state index in [9.17, 15) is 9.50 Å². The molecule has 0 aliphatic carbocycles. The topological polar surface area (TPSA) is 33.4 Å². The van der Waals surface area contributed by atoms with E-state index in [1.54, 1.807) is 38.1 Å². The lowest BCUT2D eigenvalue weighted by atomic mass is 10.1. The van der Waals surface area contributed by atoms with Gasteiger partial charge in [0, 0.05) is 0 Å². The van der Waals surface area contributed by atoms with E-state index in [1.807, 2.05) is 0 Å². The first kappa shape index (κ1) is 10.9. The summed E-state index contributed by atoms with van der Waals surface area (Å²) in [5, 5.41) is 9.96. The van der Waals surface area contributed by atoms with E-state index in [4.69, 9.17) is 4.42 Å². The molecule has 0 radical (unpaired) electrons. The van der Waals surface area contributed by atoms with E-state index in [2.05, 4.69) is 0 Å². The van der Waals surface area contributed by atoms with E-state index < -0.39 is 6.10 Å². The van der Waals surface area contributed by atoms with Crippen molar-refractivity contribution >= 4 is 0 Å². The van der Waals surface area contributed by atoms with Crippen LogP contribution in [0.2, 0.25) is 0 Å². The van der Waals surface area contributed by atoms with Crippen LogP contribution in [0, 0.1) is 19.7 Å². The highest BCUT2D eigenvalue weighted by Crippen LogP contribution is 2.24. The molecular weight excluding hydrogens is 207 g/mol. The van der Waals surface area contributed by atoms with Crippen LogP contribution in [0.25, 0.3) is 0 Å². The Balaban J connectivity index is 2.33. The Bertz CT molecular complexity index is 502. The molecule has 3 heteroatoms. The van der Waals surface area contributed by atoms with Crippen LogP contribution in [0.1, 0.15) is 28.8 Å². The maximum absolute atomic E-state index is 13.3. The predicted molar refractivity (Wildman–Crippen MR) is 58.6 cm³/mol. The van der Waals surface area contributed by atoms with Crippen LogP contribution >= 0.6 is 0 Å². The number of aryl methyl sites for hydroxylation is 2. The monoisotopic (exact) mass is 220 g/mol. The van der Waals surface area contributed by atoms with Crippen molar-refractivity contribution < 1.29 is 13.9 Å². The molecule has 84 valence electrons. The van der Waals surface area contributed by atoms with E-state index in [1.165, 1.54) is 6.07 Å². The normalized spacial score (nSPS) is 12.8. The summed E-state index contributed by atoms with van der Waals surface area (Å²) in [6.07, 6.45) is -0.913. The fraction of sp³-hybridized carbons (Fsp3) is 0.231. The summed E-state index contributed by atoms with van der Waals surface area (Å²) in [6, 6.07) is 8.13. The van der Waals surface area contributed by atoms with Crippen LogP contribution < -0.4 is 0 Å². The molecule has 0 saturated carbocycles. The van der Waals surface area contributed by atoms with Gasteiger partial charge in [-0.15, -0.1) is 0 Å². The standard InChI is InChI=1S/C13H13FO2/c1-8-3-5-10(7-11(8)14)13(15)12-6-4-9(2)16-12/h3-7,13,15H,1-2H3/t13-/m0/s1. The molecule has 1 N–H and O–H groups in total. The van der Waals surface area contributed by atoms with Crippen molar-refractivity contribution in [1.29, 1.82) is 0 Å². The van der Waals surface area contributed by atoms with Gasteiger partial charge in [-0.3, -0.25) is 0 Å². The number of aliphatic hydroxyl groups excluding tert-OH is 1. The molecule has 1 aromatic carbocycles. The highest BCUT2D eigenvalue weighted by Gasteiger charge is 2.15.